The molecule has 0 fully saturated rings. The molecule has 0 spiro atoms. The number of anilines is 1. The van der Waals surface area contributed by atoms with Crippen molar-refractivity contribution in [1.82, 2.24) is 10.2 Å². The number of aryl methyl sites for hydroxylation is 1. The molecule has 1 aromatic heterocycles. The van der Waals surface area contributed by atoms with Crippen molar-refractivity contribution >= 4 is 34.7 Å². The van der Waals surface area contributed by atoms with Crippen LogP contribution in [0.15, 0.2) is 58.9 Å². The number of thioether (sulfide) groups is 1. The number of carbonyl (C=O) groups is 1. The quantitative estimate of drug-likeness (QED) is 0.646. The lowest BCUT2D eigenvalue weighted by atomic mass is 10.0. The van der Waals surface area contributed by atoms with Gasteiger partial charge in [0, 0.05) is 17.8 Å². The molecule has 4 rings (SSSR count). The van der Waals surface area contributed by atoms with E-state index in [9.17, 15) is 4.79 Å². The van der Waals surface area contributed by atoms with E-state index < -0.39 is 0 Å². The van der Waals surface area contributed by atoms with Crippen molar-refractivity contribution in [2.24, 2.45) is 0 Å². The molecule has 4 nitrogen and oxygen atoms in total. The highest BCUT2D eigenvalue weighted by Gasteiger charge is 2.22. The van der Waals surface area contributed by atoms with Gasteiger partial charge in [-0.05, 0) is 24.5 Å². The molecule has 0 unspecified atom stereocenters. The molecule has 0 N–H and O–H groups in total. The number of rotatable bonds is 4. The lowest BCUT2D eigenvalue weighted by molar-refractivity contribution is -0.116. The molecule has 1 aliphatic rings. The smallest absolute Gasteiger partial charge is 0.237 e. The molecular formula is C19H17N3OS2. The van der Waals surface area contributed by atoms with Gasteiger partial charge in [-0.15, -0.1) is 10.2 Å². The number of benzene rings is 2. The van der Waals surface area contributed by atoms with Crippen molar-refractivity contribution in [2.45, 2.75) is 17.2 Å². The van der Waals surface area contributed by atoms with Gasteiger partial charge in [0.2, 0.25) is 5.91 Å². The van der Waals surface area contributed by atoms with Gasteiger partial charge >= 0.3 is 0 Å². The normalized spacial score (nSPS) is 13.5. The third-order valence-corrected chi connectivity index (χ3v) is 6.25. The van der Waals surface area contributed by atoms with Crippen LogP contribution in [0, 0.1) is 0 Å². The number of nitrogens with zero attached hydrogens (tertiary/aromatic N) is 3. The third kappa shape index (κ3) is 3.60. The molecule has 0 aliphatic carbocycles. The van der Waals surface area contributed by atoms with Crippen LogP contribution in [0.3, 0.4) is 0 Å². The van der Waals surface area contributed by atoms with Gasteiger partial charge in [0.15, 0.2) is 4.34 Å². The Kier molecular flexibility index (Phi) is 4.81. The van der Waals surface area contributed by atoms with E-state index in [0.29, 0.717) is 5.75 Å². The average molecular weight is 367 g/mol. The lowest BCUT2D eigenvalue weighted by Gasteiger charge is -2.29. The first-order valence-electron chi connectivity index (χ1n) is 8.21. The summed E-state index contributed by atoms with van der Waals surface area (Å²) in [7, 11) is 0. The topological polar surface area (TPSA) is 46.1 Å². The standard InChI is InChI=1S/C19H17N3OS2/c23-17(22-12-6-10-14-7-4-5-11-16(14)22)13-24-19-21-20-18(25-19)15-8-2-1-3-9-15/h1-5,7-9,11H,6,10,12-13H2. The van der Waals surface area contributed by atoms with Gasteiger partial charge in [-0.25, -0.2) is 0 Å². The van der Waals surface area contributed by atoms with Gasteiger partial charge in [-0.1, -0.05) is 71.6 Å². The second-order valence-corrected chi connectivity index (χ2v) is 8.01. The van der Waals surface area contributed by atoms with E-state index in [-0.39, 0.29) is 5.91 Å². The van der Waals surface area contributed by atoms with Crippen LogP contribution in [0.2, 0.25) is 0 Å². The van der Waals surface area contributed by atoms with Gasteiger partial charge in [-0.2, -0.15) is 0 Å². The Bertz CT molecular complexity index is 879. The summed E-state index contributed by atoms with van der Waals surface area (Å²) in [6.07, 6.45) is 2.06. The summed E-state index contributed by atoms with van der Waals surface area (Å²) in [6, 6.07) is 18.2. The largest absolute Gasteiger partial charge is 0.311 e. The summed E-state index contributed by atoms with van der Waals surface area (Å²) in [6.45, 7) is 0.793. The maximum atomic E-state index is 12.7. The number of para-hydroxylation sites is 1. The predicted molar refractivity (Wildman–Crippen MR) is 103 cm³/mol. The maximum absolute atomic E-state index is 12.7. The van der Waals surface area contributed by atoms with Crippen molar-refractivity contribution < 1.29 is 4.79 Å². The minimum Gasteiger partial charge on any atom is -0.311 e. The monoisotopic (exact) mass is 367 g/mol. The van der Waals surface area contributed by atoms with Crippen molar-refractivity contribution in [3.8, 4) is 10.6 Å². The molecule has 2 heterocycles. The third-order valence-electron chi connectivity index (χ3n) is 4.16. The van der Waals surface area contributed by atoms with Gasteiger partial charge in [0.05, 0.1) is 5.75 Å². The van der Waals surface area contributed by atoms with Gasteiger partial charge in [0.25, 0.3) is 0 Å². The van der Waals surface area contributed by atoms with Crippen molar-refractivity contribution in [2.75, 3.05) is 17.2 Å². The highest BCUT2D eigenvalue weighted by atomic mass is 32.2. The molecule has 0 radical (unpaired) electrons. The van der Waals surface area contributed by atoms with Crippen molar-refractivity contribution in [3.05, 3.63) is 60.2 Å². The molecule has 3 aromatic rings. The Hall–Kier alpha value is -2.18. The van der Waals surface area contributed by atoms with Gasteiger partial charge in [-0.3, -0.25) is 4.79 Å². The molecule has 0 bridgehead atoms. The summed E-state index contributed by atoms with van der Waals surface area (Å²) < 4.78 is 0.831. The zero-order chi connectivity index (χ0) is 17.1. The molecule has 126 valence electrons. The maximum Gasteiger partial charge on any atom is 0.237 e. The molecule has 0 saturated carbocycles. The fourth-order valence-corrected chi connectivity index (χ4v) is 4.69. The highest BCUT2D eigenvalue weighted by molar-refractivity contribution is 8.01. The Morgan fingerprint density at radius 3 is 2.76 bits per heavy atom. The number of carbonyl (C=O) groups excluding carboxylic acids is 1. The summed E-state index contributed by atoms with van der Waals surface area (Å²) in [5, 5.41) is 9.34. The van der Waals surface area contributed by atoms with Crippen LogP contribution < -0.4 is 4.90 Å². The van der Waals surface area contributed by atoms with Crippen LogP contribution in [-0.2, 0) is 11.2 Å². The zero-order valence-corrected chi connectivity index (χ0v) is 15.2. The number of hydrogen-bond acceptors (Lipinski definition) is 5. The number of amides is 1. The van der Waals surface area contributed by atoms with E-state index >= 15 is 0 Å². The Morgan fingerprint density at radius 1 is 1.08 bits per heavy atom. The van der Waals surface area contributed by atoms with Gasteiger partial charge in [0.1, 0.15) is 5.01 Å². The number of aromatic nitrogens is 2. The first-order chi connectivity index (χ1) is 12.3. The zero-order valence-electron chi connectivity index (χ0n) is 13.6. The SMILES string of the molecule is O=C(CSc1nnc(-c2ccccc2)s1)N1CCCc2ccccc21. The molecular weight excluding hydrogens is 350 g/mol. The first-order valence-corrected chi connectivity index (χ1v) is 10.0. The number of fused-ring (bicyclic) bond motifs is 1. The second kappa shape index (κ2) is 7.37. The Morgan fingerprint density at radius 2 is 1.88 bits per heavy atom. The van der Waals surface area contributed by atoms with E-state index in [4.69, 9.17) is 0 Å². The van der Waals surface area contributed by atoms with E-state index in [2.05, 4.69) is 16.3 Å². The lowest BCUT2D eigenvalue weighted by Crippen LogP contribution is -2.36. The van der Waals surface area contributed by atoms with Crippen LogP contribution >= 0.6 is 23.1 Å². The van der Waals surface area contributed by atoms with Crippen LogP contribution in [0.5, 0.6) is 0 Å². The fraction of sp³-hybridized carbons (Fsp3) is 0.211. The van der Waals surface area contributed by atoms with Crippen LogP contribution in [0.25, 0.3) is 10.6 Å². The van der Waals surface area contributed by atoms with E-state index in [1.54, 1.807) is 0 Å². The summed E-state index contributed by atoms with van der Waals surface area (Å²) in [5.74, 6) is 0.520. The highest BCUT2D eigenvalue weighted by Crippen LogP contribution is 2.31. The van der Waals surface area contributed by atoms with E-state index in [0.717, 1.165) is 40.0 Å². The molecule has 6 heteroatoms. The minimum atomic E-state index is 0.133. The summed E-state index contributed by atoms with van der Waals surface area (Å²) >= 11 is 3.00. The minimum absolute atomic E-state index is 0.133. The van der Waals surface area contributed by atoms with Gasteiger partial charge < -0.3 is 4.90 Å². The molecule has 25 heavy (non-hydrogen) atoms. The summed E-state index contributed by atoms with van der Waals surface area (Å²) in [4.78, 5) is 14.6. The molecule has 0 atom stereocenters. The Balaban J connectivity index is 1.42. The van der Waals surface area contributed by atoms with Crippen LogP contribution in [0.4, 0.5) is 5.69 Å². The summed E-state index contributed by atoms with van der Waals surface area (Å²) in [5.41, 5.74) is 3.37. The second-order valence-electron chi connectivity index (χ2n) is 5.81. The first kappa shape index (κ1) is 16.3. The Labute approximate surface area is 154 Å². The van der Waals surface area contributed by atoms with E-state index in [1.165, 1.54) is 28.7 Å². The van der Waals surface area contributed by atoms with Crippen molar-refractivity contribution in [1.29, 1.82) is 0 Å². The molecule has 1 aliphatic heterocycles. The average Bonchev–Trinajstić information content (AvgIpc) is 3.15. The number of hydrogen-bond donors (Lipinski definition) is 0. The van der Waals surface area contributed by atoms with Crippen molar-refractivity contribution in [3.63, 3.8) is 0 Å². The predicted octanol–water partition coefficient (Wildman–Crippen LogP) is 4.28. The molecule has 0 saturated heterocycles. The van der Waals surface area contributed by atoms with E-state index in [1.807, 2.05) is 53.4 Å². The van der Waals surface area contributed by atoms with Crippen LogP contribution in [-0.4, -0.2) is 28.4 Å². The van der Waals surface area contributed by atoms with Crippen LogP contribution in [0.1, 0.15) is 12.0 Å². The fourth-order valence-electron chi connectivity index (χ4n) is 2.96. The molecule has 1 amide bonds. The molecule has 2 aromatic carbocycles.